The Hall–Kier alpha value is -1.22. The zero-order valence-corrected chi connectivity index (χ0v) is 11.0. The van der Waals surface area contributed by atoms with Crippen molar-refractivity contribution in [2.24, 2.45) is 5.73 Å². The van der Waals surface area contributed by atoms with Crippen LogP contribution in [0.5, 0.6) is 11.5 Å². The summed E-state index contributed by atoms with van der Waals surface area (Å²) in [6.45, 7) is 4.88. The molecule has 0 spiro atoms. The Bertz CT molecular complexity index is 337. The fraction of sp³-hybridized carbons (Fsp3) is 0.571. The summed E-state index contributed by atoms with van der Waals surface area (Å²) in [6.07, 6.45) is 3.04. The SMILES string of the molecule is CCCCOc1ccc(CC(C)N)cc1OC. The lowest BCUT2D eigenvalue weighted by Crippen LogP contribution is -2.17. The summed E-state index contributed by atoms with van der Waals surface area (Å²) in [7, 11) is 1.66. The second-order valence-corrected chi connectivity index (χ2v) is 4.37. The first kappa shape index (κ1) is 13.8. The molecule has 3 nitrogen and oxygen atoms in total. The number of hydrogen-bond donors (Lipinski definition) is 1. The lowest BCUT2D eigenvalue weighted by atomic mass is 10.1. The van der Waals surface area contributed by atoms with Gasteiger partial charge in [-0.3, -0.25) is 0 Å². The van der Waals surface area contributed by atoms with Crippen molar-refractivity contribution in [1.29, 1.82) is 0 Å². The Balaban J connectivity index is 2.71. The van der Waals surface area contributed by atoms with Crippen LogP contribution in [0.3, 0.4) is 0 Å². The second-order valence-electron chi connectivity index (χ2n) is 4.37. The molecule has 0 aromatic heterocycles. The summed E-state index contributed by atoms with van der Waals surface area (Å²) in [4.78, 5) is 0. The molecule has 2 N–H and O–H groups in total. The van der Waals surface area contributed by atoms with Gasteiger partial charge in [0.15, 0.2) is 11.5 Å². The van der Waals surface area contributed by atoms with Crippen LogP contribution in [0.1, 0.15) is 32.3 Å². The van der Waals surface area contributed by atoms with E-state index < -0.39 is 0 Å². The van der Waals surface area contributed by atoms with Crippen molar-refractivity contribution in [2.75, 3.05) is 13.7 Å². The van der Waals surface area contributed by atoms with Crippen molar-refractivity contribution in [3.05, 3.63) is 23.8 Å². The van der Waals surface area contributed by atoms with Crippen molar-refractivity contribution < 1.29 is 9.47 Å². The number of benzene rings is 1. The highest BCUT2D eigenvalue weighted by Gasteiger charge is 2.06. The third kappa shape index (κ3) is 4.65. The number of nitrogens with two attached hydrogens (primary N) is 1. The average Bonchev–Trinajstić information content (AvgIpc) is 2.30. The monoisotopic (exact) mass is 237 g/mol. The summed E-state index contributed by atoms with van der Waals surface area (Å²) >= 11 is 0. The first-order valence-electron chi connectivity index (χ1n) is 6.22. The van der Waals surface area contributed by atoms with Gasteiger partial charge in [0.1, 0.15) is 0 Å². The molecule has 1 rings (SSSR count). The van der Waals surface area contributed by atoms with Crippen LogP contribution in [0.25, 0.3) is 0 Å². The molecule has 0 aliphatic heterocycles. The van der Waals surface area contributed by atoms with Gasteiger partial charge in [0.2, 0.25) is 0 Å². The van der Waals surface area contributed by atoms with E-state index in [4.69, 9.17) is 15.2 Å². The van der Waals surface area contributed by atoms with E-state index in [9.17, 15) is 0 Å². The van der Waals surface area contributed by atoms with E-state index in [1.54, 1.807) is 7.11 Å². The summed E-state index contributed by atoms with van der Waals surface area (Å²) < 4.78 is 11.0. The summed E-state index contributed by atoms with van der Waals surface area (Å²) in [5.74, 6) is 1.61. The van der Waals surface area contributed by atoms with E-state index in [0.717, 1.165) is 37.4 Å². The van der Waals surface area contributed by atoms with Gasteiger partial charge < -0.3 is 15.2 Å². The van der Waals surface area contributed by atoms with E-state index in [1.165, 1.54) is 5.56 Å². The van der Waals surface area contributed by atoms with Crippen LogP contribution >= 0.6 is 0 Å². The predicted octanol–water partition coefficient (Wildman–Crippen LogP) is 2.76. The molecule has 1 unspecified atom stereocenters. The second kappa shape index (κ2) is 7.17. The molecule has 96 valence electrons. The van der Waals surface area contributed by atoms with Crippen LogP contribution in [0.4, 0.5) is 0 Å². The summed E-state index contributed by atoms with van der Waals surface area (Å²) in [5, 5.41) is 0. The van der Waals surface area contributed by atoms with Crippen molar-refractivity contribution in [3.8, 4) is 11.5 Å². The first-order valence-corrected chi connectivity index (χ1v) is 6.22. The molecule has 0 fully saturated rings. The topological polar surface area (TPSA) is 44.5 Å². The van der Waals surface area contributed by atoms with Gasteiger partial charge in [-0.2, -0.15) is 0 Å². The highest BCUT2D eigenvalue weighted by atomic mass is 16.5. The minimum Gasteiger partial charge on any atom is -0.493 e. The van der Waals surface area contributed by atoms with Crippen LogP contribution in [-0.2, 0) is 6.42 Å². The first-order chi connectivity index (χ1) is 8.17. The molecular weight excluding hydrogens is 214 g/mol. The smallest absolute Gasteiger partial charge is 0.161 e. The molecule has 0 heterocycles. The minimum atomic E-state index is 0.159. The van der Waals surface area contributed by atoms with Gasteiger partial charge in [-0.05, 0) is 37.5 Å². The van der Waals surface area contributed by atoms with Crippen LogP contribution in [0.2, 0.25) is 0 Å². The molecule has 0 amide bonds. The Morgan fingerprint density at radius 2 is 2.06 bits per heavy atom. The third-order valence-corrected chi connectivity index (χ3v) is 2.54. The number of methoxy groups -OCH3 is 1. The van der Waals surface area contributed by atoms with Gasteiger partial charge in [-0.1, -0.05) is 19.4 Å². The van der Waals surface area contributed by atoms with Gasteiger partial charge >= 0.3 is 0 Å². The zero-order valence-electron chi connectivity index (χ0n) is 11.0. The van der Waals surface area contributed by atoms with Crippen molar-refractivity contribution in [1.82, 2.24) is 0 Å². The maximum Gasteiger partial charge on any atom is 0.161 e. The van der Waals surface area contributed by atoms with Gasteiger partial charge in [-0.15, -0.1) is 0 Å². The predicted molar refractivity (Wildman–Crippen MR) is 70.8 cm³/mol. The lowest BCUT2D eigenvalue weighted by Gasteiger charge is -2.12. The normalized spacial score (nSPS) is 12.2. The van der Waals surface area contributed by atoms with E-state index in [1.807, 2.05) is 25.1 Å². The number of unbranched alkanes of at least 4 members (excludes halogenated alkanes) is 1. The molecule has 0 saturated heterocycles. The van der Waals surface area contributed by atoms with Gasteiger partial charge in [0.05, 0.1) is 13.7 Å². The molecule has 0 saturated carbocycles. The van der Waals surface area contributed by atoms with E-state index in [2.05, 4.69) is 6.92 Å². The highest BCUT2D eigenvalue weighted by molar-refractivity contribution is 5.43. The Morgan fingerprint density at radius 3 is 2.65 bits per heavy atom. The molecular formula is C14H23NO2. The standard InChI is InChI=1S/C14H23NO2/c1-4-5-8-17-13-7-6-12(9-11(2)15)10-14(13)16-3/h6-7,10-11H,4-5,8-9,15H2,1-3H3. The van der Waals surface area contributed by atoms with Crippen molar-refractivity contribution in [2.45, 2.75) is 39.2 Å². The average molecular weight is 237 g/mol. The van der Waals surface area contributed by atoms with Gasteiger partial charge in [0, 0.05) is 6.04 Å². The molecule has 3 heteroatoms. The Kier molecular flexibility index (Phi) is 5.84. The number of hydrogen-bond acceptors (Lipinski definition) is 3. The molecule has 1 atom stereocenters. The number of rotatable bonds is 7. The molecule has 0 aliphatic rings. The summed E-state index contributed by atoms with van der Waals surface area (Å²) in [5.41, 5.74) is 6.96. The lowest BCUT2D eigenvalue weighted by molar-refractivity contribution is 0.288. The fourth-order valence-electron chi connectivity index (χ4n) is 1.66. The quantitative estimate of drug-likeness (QED) is 0.742. The van der Waals surface area contributed by atoms with Crippen LogP contribution in [0.15, 0.2) is 18.2 Å². The maximum atomic E-state index is 5.78. The molecule has 0 bridgehead atoms. The number of ether oxygens (including phenoxy) is 2. The maximum absolute atomic E-state index is 5.78. The van der Waals surface area contributed by atoms with Crippen molar-refractivity contribution >= 4 is 0 Å². The molecule has 0 aliphatic carbocycles. The Morgan fingerprint density at radius 1 is 1.29 bits per heavy atom. The highest BCUT2D eigenvalue weighted by Crippen LogP contribution is 2.28. The minimum absolute atomic E-state index is 0.159. The molecule has 0 radical (unpaired) electrons. The van der Waals surface area contributed by atoms with Crippen LogP contribution in [0, 0.1) is 0 Å². The zero-order chi connectivity index (χ0) is 12.7. The van der Waals surface area contributed by atoms with Gasteiger partial charge in [0.25, 0.3) is 0 Å². The van der Waals surface area contributed by atoms with E-state index >= 15 is 0 Å². The van der Waals surface area contributed by atoms with E-state index in [0.29, 0.717) is 0 Å². The van der Waals surface area contributed by atoms with Crippen LogP contribution < -0.4 is 15.2 Å². The Labute approximate surface area is 104 Å². The van der Waals surface area contributed by atoms with Crippen LogP contribution in [-0.4, -0.2) is 19.8 Å². The van der Waals surface area contributed by atoms with Gasteiger partial charge in [-0.25, -0.2) is 0 Å². The molecule has 1 aromatic carbocycles. The van der Waals surface area contributed by atoms with Crippen molar-refractivity contribution in [3.63, 3.8) is 0 Å². The largest absolute Gasteiger partial charge is 0.493 e. The molecule has 1 aromatic rings. The third-order valence-electron chi connectivity index (χ3n) is 2.54. The fourth-order valence-corrected chi connectivity index (χ4v) is 1.66. The summed E-state index contributed by atoms with van der Waals surface area (Å²) in [6, 6.07) is 6.18. The molecule has 17 heavy (non-hydrogen) atoms. The van der Waals surface area contributed by atoms with E-state index in [-0.39, 0.29) is 6.04 Å².